The van der Waals surface area contributed by atoms with Gasteiger partial charge in [-0.05, 0) is 42.0 Å². The molecule has 0 unspecified atom stereocenters. The third-order valence-electron chi connectivity index (χ3n) is 3.73. The van der Waals surface area contributed by atoms with Gasteiger partial charge in [-0.3, -0.25) is 0 Å². The van der Waals surface area contributed by atoms with Gasteiger partial charge in [0.25, 0.3) is 0 Å². The van der Waals surface area contributed by atoms with Gasteiger partial charge in [0.1, 0.15) is 5.82 Å². The maximum atomic E-state index is 12.9. The van der Waals surface area contributed by atoms with Gasteiger partial charge in [-0.25, -0.2) is 9.38 Å². The van der Waals surface area contributed by atoms with Gasteiger partial charge in [0, 0.05) is 22.9 Å². The first-order chi connectivity index (χ1) is 11.7. The zero-order chi connectivity index (χ0) is 16.8. The maximum Gasteiger partial charge on any atom is 0.191 e. The van der Waals surface area contributed by atoms with Crippen molar-refractivity contribution in [2.75, 3.05) is 26.3 Å². The van der Waals surface area contributed by atoms with Crippen molar-refractivity contribution >= 4 is 17.7 Å². The number of hydrogen-bond acceptors (Lipinski definition) is 3. The molecule has 2 aromatic carbocycles. The lowest BCUT2D eigenvalue weighted by molar-refractivity contribution is 0.0674. The molecule has 24 heavy (non-hydrogen) atoms. The Labute approximate surface area is 145 Å². The van der Waals surface area contributed by atoms with E-state index in [1.807, 2.05) is 29.2 Å². The lowest BCUT2D eigenvalue weighted by atomic mass is 10.2. The number of halogens is 1. The smallest absolute Gasteiger partial charge is 0.191 e. The van der Waals surface area contributed by atoms with Crippen molar-refractivity contribution in [3.8, 4) is 0 Å². The molecule has 3 rings (SSSR count). The molecule has 0 atom stereocenters. The van der Waals surface area contributed by atoms with Crippen LogP contribution in [-0.2, 0) is 11.3 Å². The zero-order valence-electron chi connectivity index (χ0n) is 13.3. The number of morpholine rings is 1. The molecule has 2 aromatic rings. The van der Waals surface area contributed by atoms with Gasteiger partial charge in [-0.1, -0.05) is 23.9 Å². The Morgan fingerprint density at radius 3 is 2.25 bits per heavy atom. The first kappa shape index (κ1) is 16.8. The summed E-state index contributed by atoms with van der Waals surface area (Å²) < 4.78 is 18.2. The van der Waals surface area contributed by atoms with Crippen molar-refractivity contribution in [1.82, 2.24) is 4.90 Å². The van der Waals surface area contributed by atoms with Crippen LogP contribution in [0.3, 0.4) is 0 Å². The molecule has 1 aliphatic heterocycles. The fraction of sp³-hybridized carbons (Fsp3) is 0.278. The highest BCUT2D eigenvalue weighted by Gasteiger charge is 2.11. The summed E-state index contributed by atoms with van der Waals surface area (Å²) in [7, 11) is 0. The van der Waals surface area contributed by atoms with E-state index < -0.39 is 0 Å². The van der Waals surface area contributed by atoms with E-state index in [0.29, 0.717) is 25.7 Å². The zero-order valence-corrected chi connectivity index (χ0v) is 14.1. The first-order valence-corrected chi connectivity index (χ1v) is 8.67. The van der Waals surface area contributed by atoms with E-state index in [9.17, 15) is 4.39 Å². The third-order valence-corrected chi connectivity index (χ3v) is 4.75. The van der Waals surface area contributed by atoms with Crippen LogP contribution in [0.25, 0.3) is 0 Å². The Morgan fingerprint density at radius 2 is 1.62 bits per heavy atom. The average molecular weight is 345 g/mol. The van der Waals surface area contributed by atoms with E-state index in [1.54, 1.807) is 23.9 Å². The summed E-state index contributed by atoms with van der Waals surface area (Å²) in [4.78, 5) is 8.62. The lowest BCUT2D eigenvalue weighted by Crippen LogP contribution is -2.44. The van der Waals surface area contributed by atoms with Crippen LogP contribution in [0.1, 0.15) is 5.56 Å². The van der Waals surface area contributed by atoms with Gasteiger partial charge in [0.05, 0.1) is 19.8 Å². The maximum absolute atomic E-state index is 12.9. The predicted molar refractivity (Wildman–Crippen MR) is 94.7 cm³/mol. The van der Waals surface area contributed by atoms with E-state index in [2.05, 4.69) is 4.99 Å². The molecule has 126 valence electrons. The van der Waals surface area contributed by atoms with Crippen molar-refractivity contribution in [3.05, 3.63) is 59.9 Å². The van der Waals surface area contributed by atoms with Gasteiger partial charge in [0.2, 0.25) is 0 Å². The summed E-state index contributed by atoms with van der Waals surface area (Å²) in [5, 5.41) is 0. The average Bonchev–Trinajstić information content (AvgIpc) is 2.63. The van der Waals surface area contributed by atoms with Crippen molar-refractivity contribution < 1.29 is 9.13 Å². The van der Waals surface area contributed by atoms with E-state index >= 15 is 0 Å². The normalized spacial score (nSPS) is 15.5. The second-order valence-corrected chi connectivity index (χ2v) is 6.62. The molecule has 0 amide bonds. The lowest BCUT2D eigenvalue weighted by Gasteiger charge is -2.27. The van der Waals surface area contributed by atoms with E-state index in [4.69, 9.17) is 10.5 Å². The van der Waals surface area contributed by atoms with Crippen LogP contribution in [0.4, 0.5) is 4.39 Å². The van der Waals surface area contributed by atoms with E-state index in [-0.39, 0.29) is 5.82 Å². The molecule has 4 nitrogen and oxygen atoms in total. The summed E-state index contributed by atoms with van der Waals surface area (Å²) in [6.07, 6.45) is 0. The highest BCUT2D eigenvalue weighted by molar-refractivity contribution is 7.99. The molecular formula is C18H20FN3OS. The van der Waals surface area contributed by atoms with Crippen LogP contribution in [0.5, 0.6) is 0 Å². The van der Waals surface area contributed by atoms with Crippen molar-refractivity contribution in [2.45, 2.75) is 16.3 Å². The molecule has 6 heteroatoms. The fourth-order valence-corrected chi connectivity index (χ4v) is 3.18. The minimum absolute atomic E-state index is 0.217. The van der Waals surface area contributed by atoms with Crippen LogP contribution in [0, 0.1) is 5.82 Å². The minimum Gasteiger partial charge on any atom is -0.378 e. The van der Waals surface area contributed by atoms with Crippen molar-refractivity contribution in [3.63, 3.8) is 0 Å². The van der Waals surface area contributed by atoms with Crippen LogP contribution in [-0.4, -0.2) is 37.2 Å². The molecule has 0 aliphatic carbocycles. The molecule has 2 N–H and O–H groups in total. The number of nitrogens with zero attached hydrogens (tertiary/aromatic N) is 2. The van der Waals surface area contributed by atoms with E-state index in [0.717, 1.165) is 28.4 Å². The Kier molecular flexibility index (Phi) is 5.72. The molecule has 1 aliphatic rings. The molecule has 1 heterocycles. The Bertz CT molecular complexity index is 682. The standard InChI is InChI=1S/C18H20FN3OS/c19-15-3-7-17(8-4-15)24-16-5-1-14(2-6-16)13-21-18(20)22-9-11-23-12-10-22/h1-8H,9-13H2,(H2,20,21). The number of ether oxygens (including phenoxy) is 1. The second kappa shape index (κ2) is 8.17. The quantitative estimate of drug-likeness (QED) is 0.683. The van der Waals surface area contributed by atoms with Crippen LogP contribution in [0.15, 0.2) is 63.3 Å². The summed E-state index contributed by atoms with van der Waals surface area (Å²) in [5.41, 5.74) is 7.13. The van der Waals surface area contributed by atoms with Crippen molar-refractivity contribution in [1.29, 1.82) is 0 Å². The molecule has 0 saturated carbocycles. The fourth-order valence-electron chi connectivity index (χ4n) is 2.37. The molecular weight excluding hydrogens is 325 g/mol. The van der Waals surface area contributed by atoms with Crippen LogP contribution in [0.2, 0.25) is 0 Å². The Morgan fingerprint density at radius 1 is 1.04 bits per heavy atom. The predicted octanol–water partition coefficient (Wildman–Crippen LogP) is 3.12. The molecule has 0 spiro atoms. The molecule has 0 radical (unpaired) electrons. The molecule has 1 fully saturated rings. The topological polar surface area (TPSA) is 50.8 Å². The molecule has 0 aromatic heterocycles. The van der Waals surface area contributed by atoms with Gasteiger partial charge in [-0.2, -0.15) is 0 Å². The number of guanidine groups is 1. The van der Waals surface area contributed by atoms with Crippen molar-refractivity contribution in [2.24, 2.45) is 10.7 Å². The van der Waals surface area contributed by atoms with Crippen LogP contribution < -0.4 is 5.73 Å². The summed E-state index contributed by atoms with van der Waals surface area (Å²) >= 11 is 1.60. The number of nitrogens with two attached hydrogens (primary N) is 1. The summed E-state index contributed by atoms with van der Waals surface area (Å²) in [5.74, 6) is 0.355. The minimum atomic E-state index is -0.217. The highest BCUT2D eigenvalue weighted by atomic mass is 32.2. The monoisotopic (exact) mass is 345 g/mol. The molecule has 1 saturated heterocycles. The molecule has 0 bridgehead atoms. The first-order valence-electron chi connectivity index (χ1n) is 7.86. The third kappa shape index (κ3) is 4.72. The number of benzene rings is 2. The van der Waals surface area contributed by atoms with Crippen LogP contribution >= 0.6 is 11.8 Å². The number of aliphatic imine (C=N–C) groups is 1. The van der Waals surface area contributed by atoms with Gasteiger partial charge < -0.3 is 15.4 Å². The summed E-state index contributed by atoms with van der Waals surface area (Å²) in [6, 6.07) is 14.7. The SMILES string of the molecule is NC(=NCc1ccc(Sc2ccc(F)cc2)cc1)N1CCOCC1. The van der Waals surface area contributed by atoms with Gasteiger partial charge in [-0.15, -0.1) is 0 Å². The number of rotatable bonds is 4. The van der Waals surface area contributed by atoms with Gasteiger partial charge in [0.15, 0.2) is 5.96 Å². The second-order valence-electron chi connectivity index (χ2n) is 5.47. The number of hydrogen-bond donors (Lipinski definition) is 1. The van der Waals surface area contributed by atoms with Gasteiger partial charge >= 0.3 is 0 Å². The Balaban J connectivity index is 1.56. The van der Waals surface area contributed by atoms with E-state index in [1.165, 1.54) is 12.1 Å². The highest BCUT2D eigenvalue weighted by Crippen LogP contribution is 2.27. The summed E-state index contributed by atoms with van der Waals surface area (Å²) in [6.45, 7) is 3.55. The Hall–Kier alpha value is -2.05. The largest absolute Gasteiger partial charge is 0.378 e.